The van der Waals surface area contributed by atoms with Gasteiger partial charge in [-0.05, 0) is 11.6 Å². The number of hydrogen-bond acceptors (Lipinski definition) is 8. The van der Waals surface area contributed by atoms with Gasteiger partial charge in [0.05, 0.1) is 37.5 Å². The topological polar surface area (TPSA) is 107 Å². The second kappa shape index (κ2) is 8.85. The van der Waals surface area contributed by atoms with Crippen LogP contribution in [0.25, 0.3) is 10.6 Å². The molecule has 0 saturated carbocycles. The molecule has 4 heterocycles. The third-order valence-electron chi connectivity index (χ3n) is 6.04. The number of carbonyl (C=O) groups is 1. The Kier molecular flexibility index (Phi) is 5.88. The minimum atomic E-state index is -0.751. The van der Waals surface area contributed by atoms with Crippen LogP contribution in [0.2, 0.25) is 0 Å². The highest BCUT2D eigenvalue weighted by atomic mass is 32.1. The maximum atomic E-state index is 14.0. The van der Waals surface area contributed by atoms with Crippen LogP contribution in [-0.2, 0) is 15.9 Å². The summed E-state index contributed by atoms with van der Waals surface area (Å²) in [5, 5.41) is 19.4. The maximum Gasteiger partial charge on any atom is 0.274 e. The number of rotatable bonds is 6. The highest BCUT2D eigenvalue weighted by Gasteiger charge is 2.44. The maximum absolute atomic E-state index is 14.0. The minimum absolute atomic E-state index is 0.0630. The number of halogens is 2. The van der Waals surface area contributed by atoms with E-state index in [0.29, 0.717) is 31.4 Å². The molecule has 0 spiro atoms. The summed E-state index contributed by atoms with van der Waals surface area (Å²) < 4.78 is 39.5. The molecule has 178 valence electrons. The Morgan fingerprint density at radius 1 is 1.24 bits per heavy atom. The molecule has 5 rings (SSSR count). The van der Waals surface area contributed by atoms with Gasteiger partial charge in [0.2, 0.25) is 5.43 Å². The van der Waals surface area contributed by atoms with Crippen molar-refractivity contribution in [2.24, 2.45) is 0 Å². The van der Waals surface area contributed by atoms with Gasteiger partial charge >= 0.3 is 0 Å². The number of hydrogen-bond donors (Lipinski definition) is 1. The molecule has 0 aliphatic carbocycles. The van der Waals surface area contributed by atoms with Crippen LogP contribution in [0.15, 0.2) is 29.2 Å². The molecule has 2 aliphatic rings. The molecule has 12 heteroatoms. The number of ether oxygens (including phenoxy) is 2. The molecule has 1 N–H and O–H groups in total. The van der Waals surface area contributed by atoms with Crippen LogP contribution in [0, 0.1) is 11.6 Å². The van der Waals surface area contributed by atoms with E-state index in [1.807, 2.05) is 0 Å². The average molecular weight is 490 g/mol. The van der Waals surface area contributed by atoms with E-state index >= 15 is 0 Å². The van der Waals surface area contributed by atoms with E-state index < -0.39 is 28.7 Å². The summed E-state index contributed by atoms with van der Waals surface area (Å²) >= 11 is 1.05. The van der Waals surface area contributed by atoms with Crippen molar-refractivity contribution < 1.29 is 28.2 Å². The van der Waals surface area contributed by atoms with E-state index in [0.717, 1.165) is 23.5 Å². The Balaban J connectivity index is 1.52. The lowest BCUT2D eigenvalue weighted by atomic mass is 10.0. The van der Waals surface area contributed by atoms with Gasteiger partial charge in [0, 0.05) is 32.3 Å². The zero-order valence-electron chi connectivity index (χ0n) is 18.0. The molecule has 1 fully saturated rings. The monoisotopic (exact) mass is 490 g/mol. The van der Waals surface area contributed by atoms with Gasteiger partial charge in [-0.2, -0.15) is 0 Å². The van der Waals surface area contributed by atoms with Gasteiger partial charge in [-0.1, -0.05) is 17.4 Å². The predicted octanol–water partition coefficient (Wildman–Crippen LogP) is 1.98. The van der Waals surface area contributed by atoms with Crippen LogP contribution < -0.4 is 5.43 Å². The van der Waals surface area contributed by atoms with E-state index in [1.54, 1.807) is 9.47 Å². The molecular weight excluding hydrogens is 470 g/mol. The number of fused-ring (bicyclic) bond motifs is 3. The average Bonchev–Trinajstić information content (AvgIpc) is 3.47. The summed E-state index contributed by atoms with van der Waals surface area (Å²) in [5.74, 6) is -2.53. The van der Waals surface area contributed by atoms with E-state index in [2.05, 4.69) is 10.2 Å². The van der Waals surface area contributed by atoms with Gasteiger partial charge in [0.25, 0.3) is 5.91 Å². The van der Waals surface area contributed by atoms with E-state index in [1.165, 1.54) is 19.4 Å². The van der Waals surface area contributed by atoms with Crippen LogP contribution in [0.1, 0.15) is 27.1 Å². The van der Waals surface area contributed by atoms with Crippen LogP contribution in [0.5, 0.6) is 5.75 Å². The lowest BCUT2D eigenvalue weighted by Gasteiger charge is -2.39. The van der Waals surface area contributed by atoms with E-state index in [4.69, 9.17) is 9.47 Å². The van der Waals surface area contributed by atoms with Crippen LogP contribution in [-0.4, -0.2) is 70.2 Å². The Labute approximate surface area is 196 Å². The van der Waals surface area contributed by atoms with Crippen molar-refractivity contribution in [3.05, 3.63) is 62.5 Å². The summed E-state index contributed by atoms with van der Waals surface area (Å²) in [5.41, 5.74) is -0.538. The molecule has 1 saturated heterocycles. The highest BCUT2D eigenvalue weighted by molar-refractivity contribution is 7.14. The Bertz CT molecular complexity index is 1330. The van der Waals surface area contributed by atoms with Gasteiger partial charge < -0.3 is 24.0 Å². The first-order valence-corrected chi connectivity index (χ1v) is 11.3. The summed E-state index contributed by atoms with van der Waals surface area (Å²) in [4.78, 5) is 27.7. The number of aromatic nitrogens is 3. The minimum Gasteiger partial charge on any atom is -0.503 e. The SMILES string of the molecule is COCCN1C(=O)c2c(O)c(=O)c(-c3nnc(Cc4ccc(F)cc4F)s3)cn2C2COC[C@@H]21. The van der Waals surface area contributed by atoms with E-state index in [9.17, 15) is 23.5 Å². The molecule has 0 radical (unpaired) electrons. The molecule has 3 aromatic rings. The van der Waals surface area contributed by atoms with Gasteiger partial charge in [-0.25, -0.2) is 8.78 Å². The highest BCUT2D eigenvalue weighted by Crippen LogP contribution is 2.36. The zero-order chi connectivity index (χ0) is 24.0. The fourth-order valence-corrected chi connectivity index (χ4v) is 5.22. The Hall–Kier alpha value is -3.22. The standard InChI is InChI=1S/C22H20F2N4O5S/c1-32-5-4-27-15-9-33-10-16(15)28-8-13(19(29)20(30)18(28)22(27)31)21-26-25-17(34-21)6-11-2-3-12(23)7-14(11)24/h2-3,7-8,15-16,30H,4-6,9-10H2,1H3/t15-,16?/m0/s1. The van der Waals surface area contributed by atoms with Gasteiger partial charge in [-0.15, -0.1) is 10.2 Å². The molecule has 1 amide bonds. The first kappa shape index (κ1) is 22.6. The third kappa shape index (κ3) is 3.77. The number of aromatic hydroxyl groups is 1. The number of amides is 1. The molecule has 9 nitrogen and oxygen atoms in total. The van der Waals surface area contributed by atoms with Crippen molar-refractivity contribution >= 4 is 17.2 Å². The van der Waals surface area contributed by atoms with Crippen molar-refractivity contribution in [3.63, 3.8) is 0 Å². The lowest BCUT2D eigenvalue weighted by Crippen LogP contribution is -2.52. The summed E-state index contributed by atoms with van der Waals surface area (Å²) in [7, 11) is 1.53. The number of carbonyl (C=O) groups excluding carboxylic acids is 1. The molecule has 1 unspecified atom stereocenters. The van der Waals surface area contributed by atoms with Crippen molar-refractivity contribution in [2.75, 3.05) is 33.5 Å². The second-order valence-electron chi connectivity index (χ2n) is 8.05. The molecule has 0 bridgehead atoms. The normalized spacial score (nSPS) is 19.4. The molecule has 1 aromatic carbocycles. The Morgan fingerprint density at radius 2 is 2.03 bits per heavy atom. The van der Waals surface area contributed by atoms with Crippen molar-refractivity contribution in [3.8, 4) is 16.3 Å². The number of pyridine rings is 1. The van der Waals surface area contributed by atoms with Gasteiger partial charge in [-0.3, -0.25) is 9.59 Å². The van der Waals surface area contributed by atoms with Crippen LogP contribution in [0.3, 0.4) is 0 Å². The number of benzene rings is 1. The van der Waals surface area contributed by atoms with Crippen molar-refractivity contribution in [1.29, 1.82) is 0 Å². The summed E-state index contributed by atoms with van der Waals surface area (Å²) in [6.07, 6.45) is 1.56. The third-order valence-corrected chi connectivity index (χ3v) is 7.00. The first-order chi connectivity index (χ1) is 16.4. The van der Waals surface area contributed by atoms with Crippen LogP contribution >= 0.6 is 11.3 Å². The second-order valence-corrected chi connectivity index (χ2v) is 9.12. The largest absolute Gasteiger partial charge is 0.503 e. The zero-order valence-corrected chi connectivity index (χ0v) is 18.8. The number of methoxy groups -OCH3 is 1. The van der Waals surface area contributed by atoms with Crippen LogP contribution in [0.4, 0.5) is 8.78 Å². The Morgan fingerprint density at radius 3 is 2.79 bits per heavy atom. The molecule has 34 heavy (non-hydrogen) atoms. The first-order valence-electron chi connectivity index (χ1n) is 10.5. The van der Waals surface area contributed by atoms with E-state index in [-0.39, 0.29) is 40.3 Å². The van der Waals surface area contributed by atoms with Crippen molar-refractivity contribution in [1.82, 2.24) is 19.7 Å². The summed E-state index contributed by atoms with van der Waals surface area (Å²) in [6.45, 7) is 1.24. The molecular formula is C22H20F2N4O5S. The van der Waals surface area contributed by atoms with Crippen molar-refractivity contribution in [2.45, 2.75) is 18.5 Å². The fraction of sp³-hybridized carbons (Fsp3) is 0.364. The number of nitrogens with zero attached hydrogens (tertiary/aromatic N) is 4. The fourth-order valence-electron chi connectivity index (χ4n) is 4.35. The smallest absolute Gasteiger partial charge is 0.274 e. The van der Waals surface area contributed by atoms with Gasteiger partial charge in [0.1, 0.15) is 16.6 Å². The lowest BCUT2D eigenvalue weighted by molar-refractivity contribution is 0.0473. The molecule has 2 aliphatic heterocycles. The summed E-state index contributed by atoms with van der Waals surface area (Å²) in [6, 6.07) is 2.71. The molecule has 2 aromatic heterocycles. The quantitative estimate of drug-likeness (QED) is 0.563. The van der Waals surface area contributed by atoms with Gasteiger partial charge in [0.15, 0.2) is 16.5 Å². The molecule has 2 atom stereocenters. The predicted molar refractivity (Wildman–Crippen MR) is 117 cm³/mol.